The Morgan fingerprint density at radius 2 is 1.81 bits per heavy atom. The van der Waals surface area contributed by atoms with Crippen LogP contribution in [0, 0.1) is 0 Å². The summed E-state index contributed by atoms with van der Waals surface area (Å²) >= 11 is 0. The Bertz CT molecular complexity index is 698. The number of hydrazine groups is 2. The Balaban J connectivity index is 2.11. The summed E-state index contributed by atoms with van der Waals surface area (Å²) in [7, 11) is 1.37. The number of carbonyl (C=O) groups excluding carboxylic acids is 1. The fraction of sp³-hybridized carbons (Fsp3) is 0.0667. The van der Waals surface area contributed by atoms with E-state index in [1.807, 2.05) is 36.4 Å². The number of hydrazone groups is 1. The molecule has 1 aliphatic heterocycles. The average molecular weight is 282 g/mol. The van der Waals surface area contributed by atoms with Crippen molar-refractivity contribution in [2.45, 2.75) is 0 Å². The molecule has 0 aliphatic carbocycles. The molecule has 2 aromatic rings. The van der Waals surface area contributed by atoms with Crippen LogP contribution >= 0.6 is 0 Å². The van der Waals surface area contributed by atoms with E-state index in [9.17, 15) is 4.79 Å². The quantitative estimate of drug-likeness (QED) is 0.742. The summed E-state index contributed by atoms with van der Waals surface area (Å²) in [5.41, 5.74) is 11.4. The van der Waals surface area contributed by atoms with Gasteiger partial charge < -0.3 is 4.74 Å². The maximum Gasteiger partial charge on any atom is 0.337 e. The van der Waals surface area contributed by atoms with E-state index in [0.717, 1.165) is 16.7 Å². The summed E-state index contributed by atoms with van der Waals surface area (Å²) in [5, 5.41) is 4.06. The molecule has 0 aromatic heterocycles. The summed E-state index contributed by atoms with van der Waals surface area (Å²) in [4.78, 5) is 11.9. The van der Waals surface area contributed by atoms with Gasteiger partial charge in [-0.3, -0.25) is 5.43 Å². The SMILES string of the molecule is COC(=O)c1cc(C2=NNNN2)cc(-c2ccccc2)c1. The van der Waals surface area contributed by atoms with Crippen molar-refractivity contribution in [3.63, 3.8) is 0 Å². The molecular weight excluding hydrogens is 268 g/mol. The van der Waals surface area contributed by atoms with Crippen molar-refractivity contribution in [2.75, 3.05) is 7.11 Å². The monoisotopic (exact) mass is 282 g/mol. The van der Waals surface area contributed by atoms with Gasteiger partial charge in [-0.1, -0.05) is 30.3 Å². The number of hydrogen-bond acceptors (Lipinski definition) is 6. The number of ether oxygens (including phenoxy) is 1. The fourth-order valence-corrected chi connectivity index (χ4v) is 2.13. The number of esters is 1. The van der Waals surface area contributed by atoms with E-state index in [0.29, 0.717) is 11.4 Å². The number of rotatable bonds is 3. The second-order valence-electron chi connectivity index (χ2n) is 4.48. The topological polar surface area (TPSA) is 74.8 Å². The van der Waals surface area contributed by atoms with Crippen molar-refractivity contribution in [2.24, 2.45) is 5.10 Å². The van der Waals surface area contributed by atoms with Crippen molar-refractivity contribution in [1.29, 1.82) is 0 Å². The Labute approximate surface area is 121 Å². The summed E-state index contributed by atoms with van der Waals surface area (Å²) in [6.45, 7) is 0. The molecule has 1 heterocycles. The predicted molar refractivity (Wildman–Crippen MR) is 79.2 cm³/mol. The molecule has 2 aromatic carbocycles. The molecule has 0 bridgehead atoms. The van der Waals surface area contributed by atoms with Gasteiger partial charge in [-0.15, -0.1) is 10.6 Å². The highest BCUT2D eigenvalue weighted by molar-refractivity contribution is 6.02. The minimum absolute atomic E-state index is 0.381. The van der Waals surface area contributed by atoms with Gasteiger partial charge in [0.15, 0.2) is 5.84 Å². The molecule has 0 fully saturated rings. The number of hydrogen-bond donors (Lipinski definition) is 3. The third-order valence-electron chi connectivity index (χ3n) is 3.14. The molecule has 0 unspecified atom stereocenters. The summed E-state index contributed by atoms with van der Waals surface area (Å²) < 4.78 is 4.81. The van der Waals surface area contributed by atoms with Crippen LogP contribution in [0.5, 0.6) is 0 Å². The van der Waals surface area contributed by atoms with E-state index in [4.69, 9.17) is 4.74 Å². The van der Waals surface area contributed by atoms with E-state index >= 15 is 0 Å². The van der Waals surface area contributed by atoms with Gasteiger partial charge in [-0.25, -0.2) is 10.3 Å². The molecule has 106 valence electrons. The molecule has 0 spiro atoms. The van der Waals surface area contributed by atoms with Crippen LogP contribution < -0.4 is 16.5 Å². The molecule has 6 heteroatoms. The van der Waals surface area contributed by atoms with E-state index < -0.39 is 0 Å². The third-order valence-corrected chi connectivity index (χ3v) is 3.14. The van der Waals surface area contributed by atoms with Gasteiger partial charge in [0.05, 0.1) is 12.7 Å². The van der Waals surface area contributed by atoms with Gasteiger partial charge in [-0.2, -0.15) is 0 Å². The Morgan fingerprint density at radius 1 is 1.05 bits per heavy atom. The van der Waals surface area contributed by atoms with Crippen molar-refractivity contribution in [3.05, 3.63) is 59.7 Å². The number of nitrogens with one attached hydrogen (secondary N) is 3. The van der Waals surface area contributed by atoms with Crippen LogP contribution in [0.25, 0.3) is 11.1 Å². The lowest BCUT2D eigenvalue weighted by Crippen LogP contribution is -2.35. The van der Waals surface area contributed by atoms with Gasteiger partial charge in [0.25, 0.3) is 0 Å². The van der Waals surface area contributed by atoms with Crippen LogP contribution in [0.2, 0.25) is 0 Å². The minimum Gasteiger partial charge on any atom is -0.465 e. The molecule has 0 saturated carbocycles. The van der Waals surface area contributed by atoms with Gasteiger partial charge in [0.1, 0.15) is 0 Å². The maximum absolute atomic E-state index is 11.9. The van der Waals surface area contributed by atoms with Crippen LogP contribution in [0.15, 0.2) is 53.6 Å². The summed E-state index contributed by atoms with van der Waals surface area (Å²) in [6, 6.07) is 15.3. The van der Waals surface area contributed by atoms with Gasteiger partial charge >= 0.3 is 5.97 Å². The highest BCUT2D eigenvalue weighted by Gasteiger charge is 2.14. The van der Waals surface area contributed by atoms with Gasteiger partial charge in [0.2, 0.25) is 0 Å². The van der Waals surface area contributed by atoms with Gasteiger partial charge in [-0.05, 0) is 29.3 Å². The largest absolute Gasteiger partial charge is 0.465 e. The van der Waals surface area contributed by atoms with E-state index in [1.165, 1.54) is 7.11 Å². The number of nitrogens with zero attached hydrogens (tertiary/aromatic N) is 1. The van der Waals surface area contributed by atoms with Crippen LogP contribution in [0.3, 0.4) is 0 Å². The number of benzene rings is 2. The molecule has 0 radical (unpaired) electrons. The number of amidine groups is 1. The fourth-order valence-electron chi connectivity index (χ4n) is 2.13. The second kappa shape index (κ2) is 5.64. The molecule has 21 heavy (non-hydrogen) atoms. The molecule has 0 saturated heterocycles. The first-order chi connectivity index (χ1) is 10.3. The molecule has 6 nitrogen and oxygen atoms in total. The van der Waals surface area contributed by atoms with Gasteiger partial charge in [0, 0.05) is 5.56 Å². The summed E-state index contributed by atoms with van der Waals surface area (Å²) in [5.74, 6) is 0.228. The number of methoxy groups -OCH3 is 1. The van der Waals surface area contributed by atoms with Crippen LogP contribution in [-0.4, -0.2) is 18.9 Å². The molecular formula is C15H14N4O2. The average Bonchev–Trinajstić information content (AvgIpc) is 3.09. The first kappa shape index (κ1) is 13.1. The third kappa shape index (κ3) is 2.70. The lowest BCUT2D eigenvalue weighted by atomic mass is 9.99. The predicted octanol–water partition coefficient (Wildman–Crippen LogP) is 1.41. The standard InChI is InChI=1S/C15H14N4O2/c1-21-15(20)13-8-11(10-5-3-2-4-6-10)7-12(9-13)14-16-18-19-17-14/h2-9,18-19H,1H3,(H,16,17). The van der Waals surface area contributed by atoms with Crippen molar-refractivity contribution in [1.82, 2.24) is 16.5 Å². The smallest absolute Gasteiger partial charge is 0.337 e. The lowest BCUT2D eigenvalue weighted by Gasteiger charge is -2.09. The zero-order valence-electron chi connectivity index (χ0n) is 11.4. The summed E-state index contributed by atoms with van der Waals surface area (Å²) in [6.07, 6.45) is 0. The van der Waals surface area contributed by atoms with Crippen LogP contribution in [0.1, 0.15) is 15.9 Å². The van der Waals surface area contributed by atoms with Crippen LogP contribution in [0.4, 0.5) is 0 Å². The lowest BCUT2D eigenvalue weighted by molar-refractivity contribution is 0.0601. The highest BCUT2D eigenvalue weighted by atomic mass is 16.5. The zero-order chi connectivity index (χ0) is 14.7. The molecule has 0 atom stereocenters. The second-order valence-corrected chi connectivity index (χ2v) is 4.48. The van der Waals surface area contributed by atoms with Crippen molar-refractivity contribution >= 4 is 11.8 Å². The Hall–Kier alpha value is -2.86. The van der Waals surface area contributed by atoms with E-state index in [1.54, 1.807) is 12.1 Å². The highest BCUT2D eigenvalue weighted by Crippen LogP contribution is 2.23. The van der Waals surface area contributed by atoms with E-state index in [2.05, 4.69) is 21.6 Å². The molecule has 3 rings (SSSR count). The van der Waals surface area contributed by atoms with Crippen LogP contribution in [-0.2, 0) is 4.74 Å². The Kier molecular flexibility index (Phi) is 3.53. The normalized spacial score (nSPS) is 13.1. The van der Waals surface area contributed by atoms with Crippen molar-refractivity contribution in [3.8, 4) is 11.1 Å². The Morgan fingerprint density at radius 3 is 2.48 bits per heavy atom. The van der Waals surface area contributed by atoms with Crippen molar-refractivity contribution < 1.29 is 9.53 Å². The molecule has 1 aliphatic rings. The number of carbonyl (C=O) groups is 1. The van der Waals surface area contributed by atoms with E-state index in [-0.39, 0.29) is 5.97 Å². The molecule has 0 amide bonds. The minimum atomic E-state index is -0.381. The maximum atomic E-state index is 11.9. The first-order valence-electron chi connectivity index (χ1n) is 6.41. The first-order valence-corrected chi connectivity index (χ1v) is 6.41. The zero-order valence-corrected chi connectivity index (χ0v) is 11.4. The molecule has 3 N–H and O–H groups in total.